The van der Waals surface area contributed by atoms with Crippen molar-refractivity contribution in [3.05, 3.63) is 35.6 Å². The number of nitrogens with two attached hydrogens (primary N) is 1. The second-order valence-corrected chi connectivity index (χ2v) is 3.54. The number of benzene rings is 1. The molecular formula is C11H12FN3O. The number of aliphatic hydroxyl groups excluding tert-OH is 1. The number of aryl methyl sites for hydroxylation is 1. The average molecular weight is 221 g/mol. The summed E-state index contributed by atoms with van der Waals surface area (Å²) in [6.07, 6.45) is 0. The van der Waals surface area contributed by atoms with Crippen LogP contribution in [0, 0.1) is 5.82 Å². The van der Waals surface area contributed by atoms with Gasteiger partial charge in [-0.25, -0.2) is 4.39 Å². The molecule has 0 fully saturated rings. The summed E-state index contributed by atoms with van der Waals surface area (Å²) in [6, 6.07) is 6.19. The number of nitrogen functional groups attached to an aromatic ring is 1. The molecule has 0 aliphatic rings. The van der Waals surface area contributed by atoms with Crippen LogP contribution in [0.3, 0.4) is 0 Å². The first kappa shape index (κ1) is 10.6. The SMILES string of the molecule is Cn1nc(-c2ccc(F)c(CO)c2)cc1N. The van der Waals surface area contributed by atoms with Crippen LogP contribution < -0.4 is 5.73 Å². The molecule has 1 aromatic carbocycles. The highest BCUT2D eigenvalue weighted by Gasteiger charge is 2.08. The van der Waals surface area contributed by atoms with E-state index in [1.165, 1.54) is 10.7 Å². The van der Waals surface area contributed by atoms with Gasteiger partial charge in [0.2, 0.25) is 0 Å². The van der Waals surface area contributed by atoms with Crippen molar-refractivity contribution >= 4 is 5.82 Å². The van der Waals surface area contributed by atoms with Gasteiger partial charge < -0.3 is 10.8 Å². The van der Waals surface area contributed by atoms with Crippen LogP contribution in [-0.2, 0) is 13.7 Å². The average Bonchev–Trinajstić information content (AvgIpc) is 2.60. The highest BCUT2D eigenvalue weighted by atomic mass is 19.1. The van der Waals surface area contributed by atoms with Gasteiger partial charge in [0.15, 0.2) is 0 Å². The van der Waals surface area contributed by atoms with Crippen LogP contribution in [0.2, 0.25) is 0 Å². The first-order valence-electron chi connectivity index (χ1n) is 4.81. The number of rotatable bonds is 2. The van der Waals surface area contributed by atoms with Gasteiger partial charge in [-0.2, -0.15) is 5.10 Å². The molecule has 0 atom stereocenters. The van der Waals surface area contributed by atoms with Crippen molar-refractivity contribution in [1.29, 1.82) is 0 Å². The number of halogens is 1. The molecule has 2 aromatic rings. The van der Waals surface area contributed by atoms with E-state index in [1.807, 2.05) is 0 Å². The molecule has 0 spiro atoms. The van der Waals surface area contributed by atoms with E-state index in [1.54, 1.807) is 25.2 Å². The Bertz CT molecular complexity index is 502. The Morgan fingerprint density at radius 3 is 2.75 bits per heavy atom. The summed E-state index contributed by atoms with van der Waals surface area (Å²) in [5.41, 5.74) is 7.30. The lowest BCUT2D eigenvalue weighted by molar-refractivity contribution is 0.276. The van der Waals surface area contributed by atoms with E-state index < -0.39 is 5.82 Å². The minimum absolute atomic E-state index is 0.252. The molecule has 0 amide bonds. The van der Waals surface area contributed by atoms with Gasteiger partial charge in [0.1, 0.15) is 11.6 Å². The quantitative estimate of drug-likeness (QED) is 0.803. The third kappa shape index (κ3) is 1.77. The summed E-state index contributed by atoms with van der Waals surface area (Å²) in [5.74, 6) is 0.111. The van der Waals surface area contributed by atoms with Gasteiger partial charge in [-0.1, -0.05) is 0 Å². The Morgan fingerprint density at radius 2 is 2.19 bits per heavy atom. The van der Waals surface area contributed by atoms with Gasteiger partial charge >= 0.3 is 0 Å². The molecule has 0 saturated heterocycles. The summed E-state index contributed by atoms with van der Waals surface area (Å²) >= 11 is 0. The van der Waals surface area contributed by atoms with Gasteiger partial charge in [-0.05, 0) is 18.2 Å². The molecule has 0 radical (unpaired) electrons. The summed E-state index contributed by atoms with van der Waals surface area (Å²) in [5, 5.41) is 13.1. The van der Waals surface area contributed by atoms with Gasteiger partial charge in [-0.15, -0.1) is 0 Å². The lowest BCUT2D eigenvalue weighted by Gasteiger charge is -2.01. The van der Waals surface area contributed by atoms with Crippen LogP contribution in [0.4, 0.5) is 10.2 Å². The standard InChI is InChI=1S/C11H12FN3O/c1-15-11(13)5-10(14-15)7-2-3-9(12)8(4-7)6-16/h2-5,16H,6,13H2,1H3. The second kappa shape index (κ2) is 3.94. The fraction of sp³-hybridized carbons (Fsp3) is 0.182. The number of aromatic nitrogens is 2. The summed E-state index contributed by atoms with van der Waals surface area (Å²) in [4.78, 5) is 0. The molecule has 1 aromatic heterocycles. The zero-order chi connectivity index (χ0) is 11.7. The molecule has 2 rings (SSSR count). The van der Waals surface area contributed by atoms with Crippen molar-refractivity contribution < 1.29 is 9.50 Å². The zero-order valence-corrected chi connectivity index (χ0v) is 8.81. The van der Waals surface area contributed by atoms with E-state index in [0.717, 1.165) is 5.56 Å². The zero-order valence-electron chi connectivity index (χ0n) is 8.81. The Balaban J connectivity index is 2.48. The maximum absolute atomic E-state index is 13.2. The maximum Gasteiger partial charge on any atom is 0.128 e. The van der Waals surface area contributed by atoms with Gasteiger partial charge in [0, 0.05) is 24.2 Å². The molecule has 84 valence electrons. The van der Waals surface area contributed by atoms with Gasteiger partial charge in [0.25, 0.3) is 0 Å². The molecule has 3 N–H and O–H groups in total. The summed E-state index contributed by atoms with van der Waals surface area (Å²) < 4.78 is 14.7. The molecule has 4 nitrogen and oxygen atoms in total. The van der Waals surface area contributed by atoms with Crippen molar-refractivity contribution in [3.63, 3.8) is 0 Å². The lowest BCUT2D eigenvalue weighted by Crippen LogP contribution is -1.96. The highest BCUT2D eigenvalue weighted by Crippen LogP contribution is 2.22. The fourth-order valence-electron chi connectivity index (χ4n) is 1.48. The van der Waals surface area contributed by atoms with E-state index in [0.29, 0.717) is 11.5 Å². The van der Waals surface area contributed by atoms with Crippen molar-refractivity contribution in [2.45, 2.75) is 6.61 Å². The van der Waals surface area contributed by atoms with Gasteiger partial charge in [-0.3, -0.25) is 4.68 Å². The first-order chi connectivity index (χ1) is 7.61. The number of anilines is 1. The molecule has 5 heteroatoms. The number of hydrogen-bond acceptors (Lipinski definition) is 3. The van der Waals surface area contributed by atoms with E-state index >= 15 is 0 Å². The normalized spacial score (nSPS) is 10.7. The van der Waals surface area contributed by atoms with E-state index in [9.17, 15) is 4.39 Å². The molecule has 0 aliphatic carbocycles. The Morgan fingerprint density at radius 1 is 1.44 bits per heavy atom. The van der Waals surface area contributed by atoms with E-state index in [2.05, 4.69) is 5.10 Å². The largest absolute Gasteiger partial charge is 0.392 e. The van der Waals surface area contributed by atoms with Crippen molar-refractivity contribution in [3.8, 4) is 11.3 Å². The molecule has 0 unspecified atom stereocenters. The number of nitrogens with zero attached hydrogens (tertiary/aromatic N) is 2. The molecule has 0 saturated carbocycles. The smallest absolute Gasteiger partial charge is 0.128 e. The maximum atomic E-state index is 13.2. The molecule has 0 bridgehead atoms. The van der Waals surface area contributed by atoms with Crippen LogP contribution in [0.15, 0.2) is 24.3 Å². The van der Waals surface area contributed by atoms with Crippen LogP contribution in [0.25, 0.3) is 11.3 Å². The Labute approximate surface area is 92.1 Å². The number of hydrogen-bond donors (Lipinski definition) is 2. The predicted molar refractivity (Wildman–Crippen MR) is 58.9 cm³/mol. The third-order valence-electron chi connectivity index (χ3n) is 2.43. The predicted octanol–water partition coefficient (Wildman–Crippen LogP) is 1.30. The van der Waals surface area contributed by atoms with Crippen molar-refractivity contribution in [2.75, 3.05) is 5.73 Å². The fourth-order valence-corrected chi connectivity index (χ4v) is 1.48. The minimum atomic E-state index is -0.421. The van der Waals surface area contributed by atoms with Crippen LogP contribution in [-0.4, -0.2) is 14.9 Å². The van der Waals surface area contributed by atoms with E-state index in [-0.39, 0.29) is 12.2 Å². The Hall–Kier alpha value is -1.88. The first-order valence-corrected chi connectivity index (χ1v) is 4.81. The second-order valence-electron chi connectivity index (χ2n) is 3.54. The Kier molecular flexibility index (Phi) is 2.62. The topological polar surface area (TPSA) is 64.1 Å². The van der Waals surface area contributed by atoms with Crippen LogP contribution >= 0.6 is 0 Å². The van der Waals surface area contributed by atoms with Gasteiger partial charge in [0.05, 0.1) is 12.3 Å². The van der Waals surface area contributed by atoms with Crippen LogP contribution in [0.5, 0.6) is 0 Å². The molecule has 0 aliphatic heterocycles. The monoisotopic (exact) mass is 221 g/mol. The molecule has 1 heterocycles. The minimum Gasteiger partial charge on any atom is -0.392 e. The summed E-state index contributed by atoms with van der Waals surface area (Å²) in [6.45, 7) is -0.331. The van der Waals surface area contributed by atoms with Crippen molar-refractivity contribution in [2.24, 2.45) is 7.05 Å². The molecule has 16 heavy (non-hydrogen) atoms. The van der Waals surface area contributed by atoms with Crippen molar-refractivity contribution in [1.82, 2.24) is 9.78 Å². The third-order valence-corrected chi connectivity index (χ3v) is 2.43. The number of aliphatic hydroxyl groups is 1. The summed E-state index contributed by atoms with van der Waals surface area (Å²) in [7, 11) is 1.73. The lowest BCUT2D eigenvalue weighted by atomic mass is 10.1. The molecular weight excluding hydrogens is 209 g/mol. The highest BCUT2D eigenvalue weighted by molar-refractivity contribution is 5.63. The van der Waals surface area contributed by atoms with Crippen LogP contribution in [0.1, 0.15) is 5.56 Å². The van der Waals surface area contributed by atoms with E-state index in [4.69, 9.17) is 10.8 Å².